The van der Waals surface area contributed by atoms with Gasteiger partial charge in [-0.2, -0.15) is 4.89 Å². The monoisotopic (exact) mass is 174 g/mol. The van der Waals surface area contributed by atoms with Crippen molar-refractivity contribution in [1.29, 1.82) is 0 Å². The molecule has 0 atom stereocenters. The standard InChI is InChI=1S/C9H18O3/c1-5-6-7-11-12-8(10)9(2,3)4/h5-7H2,1-4H3. The summed E-state index contributed by atoms with van der Waals surface area (Å²) in [4.78, 5) is 20.4. The first-order valence-corrected chi connectivity index (χ1v) is 4.32. The molecule has 72 valence electrons. The topological polar surface area (TPSA) is 35.5 Å². The van der Waals surface area contributed by atoms with E-state index in [-0.39, 0.29) is 5.97 Å². The number of hydrogen-bond donors (Lipinski definition) is 0. The van der Waals surface area contributed by atoms with Crippen molar-refractivity contribution in [2.45, 2.75) is 40.5 Å². The van der Waals surface area contributed by atoms with E-state index < -0.39 is 5.41 Å². The molecule has 0 amide bonds. The van der Waals surface area contributed by atoms with Gasteiger partial charge in [-0.25, -0.2) is 4.79 Å². The van der Waals surface area contributed by atoms with E-state index in [0.717, 1.165) is 12.8 Å². The van der Waals surface area contributed by atoms with Gasteiger partial charge in [0.2, 0.25) is 0 Å². The van der Waals surface area contributed by atoms with Gasteiger partial charge in [-0.1, -0.05) is 13.3 Å². The van der Waals surface area contributed by atoms with Crippen molar-refractivity contribution in [3.05, 3.63) is 0 Å². The number of carbonyl (C=O) groups is 1. The molecular formula is C9H18O3. The van der Waals surface area contributed by atoms with Crippen molar-refractivity contribution < 1.29 is 14.6 Å². The molecule has 0 N–H and O–H groups in total. The molecule has 0 heterocycles. The fourth-order valence-electron chi connectivity index (χ4n) is 0.423. The Balaban J connectivity index is 3.45. The Labute approximate surface area is 74.0 Å². The minimum atomic E-state index is -0.480. The Hall–Kier alpha value is -0.570. The molecule has 0 saturated carbocycles. The maximum absolute atomic E-state index is 11.1. The molecular weight excluding hydrogens is 156 g/mol. The summed E-state index contributed by atoms with van der Waals surface area (Å²) >= 11 is 0. The lowest BCUT2D eigenvalue weighted by Crippen LogP contribution is -2.23. The molecule has 3 nitrogen and oxygen atoms in total. The molecule has 0 aliphatic heterocycles. The molecule has 0 aromatic heterocycles. The number of hydrogen-bond acceptors (Lipinski definition) is 3. The molecule has 0 spiro atoms. The minimum absolute atomic E-state index is 0.321. The van der Waals surface area contributed by atoms with E-state index in [1.165, 1.54) is 0 Å². The molecule has 12 heavy (non-hydrogen) atoms. The minimum Gasteiger partial charge on any atom is -0.298 e. The Morgan fingerprint density at radius 2 is 1.92 bits per heavy atom. The van der Waals surface area contributed by atoms with E-state index in [2.05, 4.69) is 11.8 Å². The van der Waals surface area contributed by atoms with Crippen LogP contribution in [0.2, 0.25) is 0 Å². The molecule has 0 saturated heterocycles. The fourth-order valence-corrected chi connectivity index (χ4v) is 0.423. The van der Waals surface area contributed by atoms with Gasteiger partial charge in [-0.05, 0) is 27.2 Å². The van der Waals surface area contributed by atoms with Gasteiger partial charge < -0.3 is 0 Å². The van der Waals surface area contributed by atoms with E-state index in [0.29, 0.717) is 6.61 Å². The van der Waals surface area contributed by atoms with Crippen molar-refractivity contribution in [3.8, 4) is 0 Å². The highest BCUT2D eigenvalue weighted by Gasteiger charge is 2.24. The van der Waals surface area contributed by atoms with Crippen LogP contribution in [-0.4, -0.2) is 12.6 Å². The second-order valence-corrected chi connectivity index (χ2v) is 3.80. The van der Waals surface area contributed by atoms with Gasteiger partial charge in [-0.15, -0.1) is 0 Å². The third-order valence-electron chi connectivity index (χ3n) is 1.33. The van der Waals surface area contributed by atoms with Crippen molar-refractivity contribution in [2.24, 2.45) is 5.41 Å². The molecule has 0 radical (unpaired) electrons. The first kappa shape index (κ1) is 11.4. The van der Waals surface area contributed by atoms with Crippen LogP contribution in [0.4, 0.5) is 0 Å². The van der Waals surface area contributed by atoms with Crippen LogP contribution in [0.25, 0.3) is 0 Å². The van der Waals surface area contributed by atoms with Crippen molar-refractivity contribution in [2.75, 3.05) is 6.61 Å². The second-order valence-electron chi connectivity index (χ2n) is 3.80. The van der Waals surface area contributed by atoms with Crippen LogP contribution in [0, 0.1) is 5.41 Å². The average molecular weight is 174 g/mol. The third kappa shape index (κ3) is 5.13. The lowest BCUT2D eigenvalue weighted by Gasteiger charge is -2.14. The summed E-state index contributed by atoms with van der Waals surface area (Å²) in [7, 11) is 0. The highest BCUT2D eigenvalue weighted by molar-refractivity contribution is 5.74. The van der Waals surface area contributed by atoms with E-state index in [4.69, 9.17) is 4.89 Å². The number of carbonyl (C=O) groups excluding carboxylic acids is 1. The van der Waals surface area contributed by atoms with Gasteiger partial charge in [0, 0.05) is 0 Å². The molecule has 0 aromatic rings. The van der Waals surface area contributed by atoms with E-state index in [1.807, 2.05) is 0 Å². The Morgan fingerprint density at radius 3 is 2.33 bits per heavy atom. The summed E-state index contributed by atoms with van der Waals surface area (Å²) in [5.41, 5.74) is -0.480. The molecule has 0 fully saturated rings. The van der Waals surface area contributed by atoms with Gasteiger partial charge in [0.15, 0.2) is 0 Å². The van der Waals surface area contributed by atoms with Crippen LogP contribution in [0.3, 0.4) is 0 Å². The molecule has 0 rings (SSSR count). The molecule has 0 aromatic carbocycles. The summed E-state index contributed by atoms with van der Waals surface area (Å²) in [6.45, 7) is 7.91. The fraction of sp³-hybridized carbons (Fsp3) is 0.889. The summed E-state index contributed by atoms with van der Waals surface area (Å²) in [5.74, 6) is -0.321. The summed E-state index contributed by atoms with van der Waals surface area (Å²) in [5, 5.41) is 0. The zero-order chi connectivity index (χ0) is 9.61. The summed E-state index contributed by atoms with van der Waals surface area (Å²) in [6, 6.07) is 0. The Bertz CT molecular complexity index is 135. The largest absolute Gasteiger partial charge is 0.347 e. The van der Waals surface area contributed by atoms with E-state index >= 15 is 0 Å². The molecule has 0 unspecified atom stereocenters. The van der Waals surface area contributed by atoms with Crippen LogP contribution < -0.4 is 0 Å². The highest BCUT2D eigenvalue weighted by atomic mass is 17.2. The first-order chi connectivity index (χ1) is 5.48. The smallest absolute Gasteiger partial charge is 0.298 e. The molecule has 0 bridgehead atoms. The third-order valence-corrected chi connectivity index (χ3v) is 1.33. The Kier molecular flexibility index (Phi) is 4.90. The Morgan fingerprint density at radius 1 is 1.33 bits per heavy atom. The van der Waals surface area contributed by atoms with Crippen LogP contribution >= 0.6 is 0 Å². The van der Waals surface area contributed by atoms with Crippen molar-refractivity contribution >= 4 is 5.97 Å². The van der Waals surface area contributed by atoms with Gasteiger partial charge in [0.25, 0.3) is 0 Å². The average Bonchev–Trinajstić information content (AvgIpc) is 1.96. The second kappa shape index (κ2) is 5.14. The predicted octanol–water partition coefficient (Wildman–Crippen LogP) is 2.31. The van der Waals surface area contributed by atoms with Gasteiger partial charge in [0.1, 0.15) is 0 Å². The molecule has 0 aliphatic carbocycles. The predicted molar refractivity (Wildman–Crippen MR) is 46.4 cm³/mol. The van der Waals surface area contributed by atoms with Crippen LogP contribution in [-0.2, 0) is 14.6 Å². The summed E-state index contributed by atoms with van der Waals surface area (Å²) in [6.07, 6.45) is 1.95. The van der Waals surface area contributed by atoms with Crippen molar-refractivity contribution in [3.63, 3.8) is 0 Å². The van der Waals surface area contributed by atoms with Crippen LogP contribution in [0.1, 0.15) is 40.5 Å². The quantitative estimate of drug-likeness (QED) is 0.372. The normalized spacial score (nSPS) is 11.3. The van der Waals surface area contributed by atoms with Crippen LogP contribution in [0.15, 0.2) is 0 Å². The zero-order valence-electron chi connectivity index (χ0n) is 8.35. The maximum atomic E-state index is 11.1. The van der Waals surface area contributed by atoms with E-state index in [1.54, 1.807) is 20.8 Å². The number of rotatable bonds is 4. The lowest BCUT2D eigenvalue weighted by molar-refractivity contribution is -0.279. The summed E-state index contributed by atoms with van der Waals surface area (Å²) < 4.78 is 0. The lowest BCUT2D eigenvalue weighted by atomic mass is 9.98. The van der Waals surface area contributed by atoms with E-state index in [9.17, 15) is 4.79 Å². The first-order valence-electron chi connectivity index (χ1n) is 4.32. The molecule has 0 aliphatic rings. The van der Waals surface area contributed by atoms with Gasteiger partial charge >= 0.3 is 5.97 Å². The maximum Gasteiger partial charge on any atom is 0.347 e. The van der Waals surface area contributed by atoms with Gasteiger partial charge in [-0.3, -0.25) is 4.89 Å². The zero-order valence-corrected chi connectivity index (χ0v) is 8.35. The number of unbranched alkanes of at least 4 members (excludes halogenated alkanes) is 1. The van der Waals surface area contributed by atoms with Crippen molar-refractivity contribution in [1.82, 2.24) is 0 Å². The molecule has 3 heteroatoms. The highest BCUT2D eigenvalue weighted by Crippen LogP contribution is 2.15. The van der Waals surface area contributed by atoms with Gasteiger partial charge in [0.05, 0.1) is 12.0 Å². The SMILES string of the molecule is CCCCOOC(=O)C(C)(C)C. The van der Waals surface area contributed by atoms with Crippen LogP contribution in [0.5, 0.6) is 0 Å².